The number of piperazine rings is 1. The van der Waals surface area contributed by atoms with E-state index in [1.165, 1.54) is 12.1 Å². The summed E-state index contributed by atoms with van der Waals surface area (Å²) in [5, 5.41) is 3.11. The second kappa shape index (κ2) is 8.16. The molecule has 2 amide bonds. The van der Waals surface area contributed by atoms with E-state index < -0.39 is 17.8 Å². The number of aromatic nitrogens is 1. The number of nitrogens with one attached hydrogen (secondary N) is 1. The first kappa shape index (κ1) is 20.5. The van der Waals surface area contributed by atoms with E-state index in [2.05, 4.69) is 15.2 Å². The summed E-state index contributed by atoms with van der Waals surface area (Å²) in [7, 11) is 0. The third kappa shape index (κ3) is 4.68. The number of carbonyl (C=O) groups excluding carboxylic acids is 1. The zero-order valence-electron chi connectivity index (χ0n) is 15.7. The van der Waals surface area contributed by atoms with Gasteiger partial charge in [-0.1, -0.05) is 17.7 Å². The molecule has 0 aliphatic carbocycles. The summed E-state index contributed by atoms with van der Waals surface area (Å²) < 4.78 is 44.2. The highest BCUT2D eigenvalue weighted by atomic mass is 35.5. The number of benzene rings is 2. The Morgan fingerprint density at radius 2 is 1.90 bits per heavy atom. The normalized spacial score (nSPS) is 15.5. The SMILES string of the molecule is O=C(Nc1cccc(C(F)(F)F)c1)N1CCN(Cc2nc3ccc(Cl)cc3o2)CC1. The molecular weight excluding hydrogens is 421 g/mol. The lowest BCUT2D eigenvalue weighted by Crippen LogP contribution is -2.49. The van der Waals surface area contributed by atoms with Crippen molar-refractivity contribution >= 4 is 34.4 Å². The van der Waals surface area contributed by atoms with E-state index in [1.807, 2.05) is 0 Å². The fourth-order valence-electron chi connectivity index (χ4n) is 3.29. The summed E-state index contributed by atoms with van der Waals surface area (Å²) in [5.74, 6) is 0.564. The highest BCUT2D eigenvalue weighted by molar-refractivity contribution is 6.31. The van der Waals surface area contributed by atoms with Crippen LogP contribution < -0.4 is 5.32 Å². The van der Waals surface area contributed by atoms with Crippen LogP contribution in [0.1, 0.15) is 11.5 Å². The van der Waals surface area contributed by atoms with Crippen molar-refractivity contribution in [3.05, 3.63) is 58.9 Å². The van der Waals surface area contributed by atoms with Gasteiger partial charge >= 0.3 is 12.2 Å². The van der Waals surface area contributed by atoms with Gasteiger partial charge in [0.15, 0.2) is 5.58 Å². The summed E-state index contributed by atoms with van der Waals surface area (Å²) >= 11 is 5.96. The summed E-state index contributed by atoms with van der Waals surface area (Å²) in [6.07, 6.45) is -4.46. The molecule has 0 atom stereocenters. The molecule has 1 saturated heterocycles. The number of fused-ring (bicyclic) bond motifs is 1. The molecule has 10 heteroatoms. The van der Waals surface area contributed by atoms with Crippen LogP contribution in [0.25, 0.3) is 11.1 Å². The summed E-state index contributed by atoms with van der Waals surface area (Å²) in [6.45, 7) is 2.56. The van der Waals surface area contributed by atoms with Gasteiger partial charge in [-0.15, -0.1) is 0 Å². The lowest BCUT2D eigenvalue weighted by molar-refractivity contribution is -0.137. The van der Waals surface area contributed by atoms with Crippen molar-refractivity contribution in [1.82, 2.24) is 14.8 Å². The van der Waals surface area contributed by atoms with Crippen LogP contribution in [0, 0.1) is 0 Å². The molecule has 0 spiro atoms. The number of alkyl halides is 3. The maximum Gasteiger partial charge on any atom is 0.416 e. The molecule has 1 N–H and O–H groups in total. The fraction of sp³-hybridized carbons (Fsp3) is 0.300. The van der Waals surface area contributed by atoms with Crippen LogP contribution in [0.15, 0.2) is 46.9 Å². The van der Waals surface area contributed by atoms with Crippen LogP contribution in [-0.4, -0.2) is 47.0 Å². The molecule has 0 radical (unpaired) electrons. The van der Waals surface area contributed by atoms with E-state index in [0.717, 1.165) is 17.6 Å². The van der Waals surface area contributed by atoms with Crippen molar-refractivity contribution < 1.29 is 22.4 Å². The van der Waals surface area contributed by atoms with Crippen LogP contribution >= 0.6 is 11.6 Å². The minimum atomic E-state index is -4.46. The van der Waals surface area contributed by atoms with Crippen LogP contribution in [0.4, 0.5) is 23.7 Å². The fourth-order valence-corrected chi connectivity index (χ4v) is 3.45. The Hall–Kier alpha value is -2.78. The van der Waals surface area contributed by atoms with Crippen molar-refractivity contribution in [3.8, 4) is 0 Å². The Kier molecular flexibility index (Phi) is 5.57. The Morgan fingerprint density at radius 1 is 1.13 bits per heavy atom. The van der Waals surface area contributed by atoms with Crippen molar-refractivity contribution in [2.24, 2.45) is 0 Å². The van der Waals surface area contributed by atoms with E-state index in [1.54, 1.807) is 23.1 Å². The van der Waals surface area contributed by atoms with Gasteiger partial charge in [-0.05, 0) is 30.3 Å². The van der Waals surface area contributed by atoms with E-state index in [-0.39, 0.29) is 5.69 Å². The molecule has 4 rings (SSSR count). The molecule has 2 heterocycles. The molecule has 0 bridgehead atoms. The summed E-state index contributed by atoms with van der Waals surface area (Å²) in [6, 6.07) is 9.42. The van der Waals surface area contributed by atoms with Gasteiger partial charge in [-0.3, -0.25) is 4.90 Å². The first-order valence-corrected chi connectivity index (χ1v) is 9.66. The first-order chi connectivity index (χ1) is 14.3. The molecule has 30 heavy (non-hydrogen) atoms. The van der Waals surface area contributed by atoms with Crippen molar-refractivity contribution in [1.29, 1.82) is 0 Å². The number of halogens is 4. The van der Waals surface area contributed by atoms with E-state index in [9.17, 15) is 18.0 Å². The Morgan fingerprint density at radius 3 is 2.63 bits per heavy atom. The van der Waals surface area contributed by atoms with Crippen molar-refractivity contribution in [2.75, 3.05) is 31.5 Å². The van der Waals surface area contributed by atoms with E-state index in [4.69, 9.17) is 16.0 Å². The molecule has 6 nitrogen and oxygen atoms in total. The number of nitrogens with zero attached hydrogens (tertiary/aromatic N) is 3. The standard InChI is InChI=1S/C20H18ClF3N4O2/c21-14-4-5-16-17(11-14)30-18(26-16)12-27-6-8-28(9-7-27)19(29)25-15-3-1-2-13(10-15)20(22,23)24/h1-5,10-11H,6-9,12H2,(H,25,29). The molecule has 1 fully saturated rings. The molecule has 1 aliphatic rings. The second-order valence-electron chi connectivity index (χ2n) is 6.99. The molecule has 158 valence electrons. The molecule has 3 aromatic rings. The second-order valence-corrected chi connectivity index (χ2v) is 7.43. The van der Waals surface area contributed by atoms with Crippen LogP contribution in [0.3, 0.4) is 0 Å². The van der Waals surface area contributed by atoms with Gasteiger partial charge in [-0.2, -0.15) is 13.2 Å². The van der Waals surface area contributed by atoms with Gasteiger partial charge in [0.05, 0.1) is 12.1 Å². The monoisotopic (exact) mass is 438 g/mol. The predicted octanol–water partition coefficient (Wildman–Crippen LogP) is 4.85. The van der Waals surface area contributed by atoms with Gasteiger partial charge in [0, 0.05) is 43.0 Å². The molecule has 0 saturated carbocycles. The maximum absolute atomic E-state index is 12.8. The van der Waals surface area contributed by atoms with Gasteiger partial charge in [-0.25, -0.2) is 9.78 Å². The summed E-state index contributed by atoms with van der Waals surface area (Å²) in [4.78, 5) is 20.5. The molecule has 1 aromatic heterocycles. The lowest BCUT2D eigenvalue weighted by atomic mass is 10.2. The van der Waals surface area contributed by atoms with Crippen LogP contribution in [0.2, 0.25) is 5.02 Å². The Labute approximate surface area is 175 Å². The number of urea groups is 1. The number of amides is 2. The average molecular weight is 439 g/mol. The number of carbonyl (C=O) groups is 1. The molecular formula is C20H18ClF3N4O2. The molecule has 0 unspecified atom stereocenters. The number of hydrogen-bond donors (Lipinski definition) is 1. The molecule has 2 aromatic carbocycles. The van der Waals surface area contributed by atoms with Gasteiger partial charge < -0.3 is 14.6 Å². The van der Waals surface area contributed by atoms with Gasteiger partial charge in [0.25, 0.3) is 0 Å². The quantitative estimate of drug-likeness (QED) is 0.635. The zero-order chi connectivity index (χ0) is 21.3. The van der Waals surface area contributed by atoms with E-state index >= 15 is 0 Å². The minimum Gasteiger partial charge on any atom is -0.439 e. The van der Waals surface area contributed by atoms with Crippen LogP contribution in [-0.2, 0) is 12.7 Å². The van der Waals surface area contributed by atoms with Gasteiger partial charge in [0.1, 0.15) is 5.52 Å². The zero-order valence-corrected chi connectivity index (χ0v) is 16.5. The number of oxazole rings is 1. The topological polar surface area (TPSA) is 61.6 Å². The predicted molar refractivity (Wildman–Crippen MR) is 106 cm³/mol. The van der Waals surface area contributed by atoms with Crippen molar-refractivity contribution in [2.45, 2.75) is 12.7 Å². The average Bonchev–Trinajstić information content (AvgIpc) is 3.09. The third-order valence-electron chi connectivity index (χ3n) is 4.85. The largest absolute Gasteiger partial charge is 0.439 e. The summed E-state index contributed by atoms with van der Waals surface area (Å²) in [5.41, 5.74) is 0.664. The number of rotatable bonds is 3. The highest BCUT2D eigenvalue weighted by Crippen LogP contribution is 2.30. The van der Waals surface area contributed by atoms with E-state index in [0.29, 0.717) is 49.2 Å². The van der Waals surface area contributed by atoms with Gasteiger partial charge in [0.2, 0.25) is 5.89 Å². The Balaban J connectivity index is 1.32. The minimum absolute atomic E-state index is 0.113. The molecule has 1 aliphatic heterocycles. The Bertz CT molecular complexity index is 1060. The number of hydrogen-bond acceptors (Lipinski definition) is 4. The maximum atomic E-state index is 12.8. The third-order valence-corrected chi connectivity index (χ3v) is 5.09. The highest BCUT2D eigenvalue weighted by Gasteiger charge is 2.30. The first-order valence-electron chi connectivity index (χ1n) is 9.28. The smallest absolute Gasteiger partial charge is 0.416 e. The van der Waals surface area contributed by atoms with Crippen molar-refractivity contribution in [3.63, 3.8) is 0 Å². The number of anilines is 1. The lowest BCUT2D eigenvalue weighted by Gasteiger charge is -2.34. The van der Waals surface area contributed by atoms with Crippen LogP contribution in [0.5, 0.6) is 0 Å².